The maximum Gasteiger partial charge on any atom is 0.289 e. The molecular formula is C9H9Cl2F2NO. The maximum absolute atomic E-state index is 13.0. The summed E-state index contributed by atoms with van der Waals surface area (Å²) in [7, 11) is 0. The summed E-state index contributed by atoms with van der Waals surface area (Å²) in [6.45, 7) is -1.31. The molecule has 6 heteroatoms. The monoisotopic (exact) mass is 255 g/mol. The molecule has 0 aliphatic heterocycles. The Balaban J connectivity index is 3.02. The fraction of sp³-hybridized carbons (Fsp3) is 0.333. The van der Waals surface area contributed by atoms with E-state index in [1.807, 2.05) is 0 Å². The van der Waals surface area contributed by atoms with E-state index in [4.69, 9.17) is 34.0 Å². The summed E-state index contributed by atoms with van der Waals surface area (Å²) in [5.74, 6) is -3.38. The number of alkyl halides is 2. The van der Waals surface area contributed by atoms with Crippen molar-refractivity contribution < 1.29 is 13.9 Å². The van der Waals surface area contributed by atoms with Gasteiger partial charge in [-0.3, -0.25) is 0 Å². The van der Waals surface area contributed by atoms with Crippen LogP contribution < -0.4 is 5.73 Å². The third-order valence-electron chi connectivity index (χ3n) is 1.97. The molecule has 0 fully saturated rings. The minimum atomic E-state index is -3.38. The molecule has 84 valence electrons. The van der Waals surface area contributed by atoms with Crippen molar-refractivity contribution in [2.24, 2.45) is 5.73 Å². The minimum absolute atomic E-state index is 0.128. The molecule has 0 aliphatic carbocycles. The predicted molar refractivity (Wildman–Crippen MR) is 55.4 cm³/mol. The summed E-state index contributed by atoms with van der Waals surface area (Å²) in [5.41, 5.74) is 5.42. The molecule has 0 heterocycles. The Morgan fingerprint density at radius 3 is 2.40 bits per heavy atom. The average molecular weight is 256 g/mol. The Morgan fingerprint density at radius 2 is 1.93 bits per heavy atom. The first-order valence-electron chi connectivity index (χ1n) is 4.07. The van der Waals surface area contributed by atoms with Crippen molar-refractivity contribution in [2.45, 2.75) is 12.0 Å². The van der Waals surface area contributed by atoms with E-state index in [0.717, 1.165) is 0 Å². The van der Waals surface area contributed by atoms with Gasteiger partial charge in [-0.2, -0.15) is 0 Å². The molecule has 0 saturated carbocycles. The number of hydrogen-bond donors (Lipinski definition) is 2. The molecule has 1 atom stereocenters. The lowest BCUT2D eigenvalue weighted by Crippen LogP contribution is -2.36. The third-order valence-corrected chi connectivity index (χ3v) is 2.71. The zero-order chi connectivity index (χ0) is 11.6. The molecule has 1 aromatic carbocycles. The molecule has 1 aromatic rings. The fourth-order valence-corrected chi connectivity index (χ4v) is 1.35. The smallest absolute Gasteiger partial charge is 0.289 e. The number of rotatable bonds is 3. The van der Waals surface area contributed by atoms with Crippen LogP contribution in [0.1, 0.15) is 11.6 Å². The second-order valence-electron chi connectivity index (χ2n) is 3.07. The summed E-state index contributed by atoms with van der Waals surface area (Å²) in [5, 5.41) is 8.88. The van der Waals surface area contributed by atoms with Crippen molar-refractivity contribution in [3.63, 3.8) is 0 Å². The van der Waals surface area contributed by atoms with Gasteiger partial charge in [0.25, 0.3) is 5.92 Å². The predicted octanol–water partition coefficient (Wildman–Crippen LogP) is 2.62. The van der Waals surface area contributed by atoms with Crippen molar-refractivity contribution in [1.29, 1.82) is 0 Å². The lowest BCUT2D eigenvalue weighted by atomic mass is 10.0. The average Bonchev–Trinajstić information content (AvgIpc) is 2.21. The van der Waals surface area contributed by atoms with Crippen LogP contribution in [0.4, 0.5) is 8.78 Å². The quantitative estimate of drug-likeness (QED) is 0.873. The summed E-state index contributed by atoms with van der Waals surface area (Å²) in [6.07, 6.45) is 0. The second-order valence-corrected chi connectivity index (χ2v) is 3.88. The molecule has 2 nitrogen and oxygen atoms in total. The Bertz CT molecular complexity index is 360. The van der Waals surface area contributed by atoms with E-state index in [1.54, 1.807) is 0 Å². The Hall–Kier alpha value is -0.420. The molecule has 3 N–H and O–H groups in total. The molecule has 0 amide bonds. The van der Waals surface area contributed by atoms with Gasteiger partial charge in [0.1, 0.15) is 6.61 Å². The van der Waals surface area contributed by atoms with Crippen LogP contribution in [0, 0.1) is 0 Å². The van der Waals surface area contributed by atoms with E-state index >= 15 is 0 Å². The SMILES string of the molecule is N[C@H](c1ccc(Cl)c(Cl)c1)C(F)(F)CO. The maximum atomic E-state index is 13.0. The second kappa shape index (κ2) is 4.61. The van der Waals surface area contributed by atoms with E-state index in [2.05, 4.69) is 0 Å². The number of hydrogen-bond acceptors (Lipinski definition) is 2. The van der Waals surface area contributed by atoms with Gasteiger partial charge in [-0.1, -0.05) is 29.3 Å². The molecule has 0 aliphatic rings. The zero-order valence-corrected chi connectivity index (χ0v) is 9.06. The number of nitrogens with two attached hydrogens (primary N) is 1. The summed E-state index contributed by atoms with van der Waals surface area (Å²) in [4.78, 5) is 0. The van der Waals surface area contributed by atoms with Gasteiger partial charge >= 0.3 is 0 Å². The van der Waals surface area contributed by atoms with Gasteiger partial charge in [0, 0.05) is 0 Å². The lowest BCUT2D eigenvalue weighted by Gasteiger charge is -2.21. The van der Waals surface area contributed by atoms with Crippen LogP contribution in [-0.4, -0.2) is 17.6 Å². The molecular weight excluding hydrogens is 247 g/mol. The Morgan fingerprint density at radius 1 is 1.33 bits per heavy atom. The summed E-state index contributed by atoms with van der Waals surface area (Å²) >= 11 is 11.3. The van der Waals surface area contributed by atoms with Crippen LogP contribution in [0.5, 0.6) is 0 Å². The van der Waals surface area contributed by atoms with Crippen LogP contribution in [-0.2, 0) is 0 Å². The minimum Gasteiger partial charge on any atom is -0.390 e. The Kier molecular flexibility index (Phi) is 3.89. The van der Waals surface area contributed by atoms with Crippen LogP contribution in [0.3, 0.4) is 0 Å². The van der Waals surface area contributed by atoms with Crippen LogP contribution in [0.15, 0.2) is 18.2 Å². The molecule has 0 unspecified atom stereocenters. The molecule has 15 heavy (non-hydrogen) atoms. The van der Waals surface area contributed by atoms with Gasteiger partial charge in [0.05, 0.1) is 16.1 Å². The molecule has 0 radical (unpaired) electrons. The van der Waals surface area contributed by atoms with Crippen LogP contribution in [0.2, 0.25) is 10.0 Å². The van der Waals surface area contributed by atoms with E-state index in [1.165, 1.54) is 18.2 Å². The normalized spacial score (nSPS) is 14.0. The van der Waals surface area contributed by atoms with Gasteiger partial charge in [0.2, 0.25) is 0 Å². The molecule has 0 aromatic heterocycles. The van der Waals surface area contributed by atoms with Crippen LogP contribution in [0.25, 0.3) is 0 Å². The van der Waals surface area contributed by atoms with Gasteiger partial charge in [0.15, 0.2) is 0 Å². The topological polar surface area (TPSA) is 46.2 Å². The molecule has 0 saturated heterocycles. The first kappa shape index (κ1) is 12.6. The molecule has 0 spiro atoms. The standard InChI is InChI=1S/C9H9Cl2F2NO/c10-6-2-1-5(3-7(6)11)8(14)9(12,13)4-15/h1-3,8,15H,4,14H2/t8-/m1/s1. The number of aliphatic hydroxyl groups excluding tert-OH is 1. The first-order valence-corrected chi connectivity index (χ1v) is 4.83. The van der Waals surface area contributed by atoms with E-state index in [9.17, 15) is 8.78 Å². The number of benzene rings is 1. The zero-order valence-electron chi connectivity index (χ0n) is 7.55. The van der Waals surface area contributed by atoms with Crippen LogP contribution >= 0.6 is 23.2 Å². The highest BCUT2D eigenvalue weighted by Gasteiger charge is 2.37. The van der Waals surface area contributed by atoms with Gasteiger partial charge < -0.3 is 10.8 Å². The number of halogens is 4. The van der Waals surface area contributed by atoms with Crippen molar-refractivity contribution in [2.75, 3.05) is 6.61 Å². The van der Waals surface area contributed by atoms with Gasteiger partial charge in [-0.15, -0.1) is 0 Å². The highest BCUT2D eigenvalue weighted by atomic mass is 35.5. The number of aliphatic hydroxyl groups is 1. The third kappa shape index (κ3) is 2.78. The Labute approximate surface area is 95.6 Å². The molecule has 0 bridgehead atoms. The van der Waals surface area contributed by atoms with E-state index in [0.29, 0.717) is 0 Å². The summed E-state index contributed by atoms with van der Waals surface area (Å²) < 4.78 is 26.0. The van der Waals surface area contributed by atoms with Crippen molar-refractivity contribution in [3.8, 4) is 0 Å². The highest BCUT2D eigenvalue weighted by Crippen LogP contribution is 2.32. The van der Waals surface area contributed by atoms with Crippen molar-refractivity contribution >= 4 is 23.2 Å². The van der Waals surface area contributed by atoms with Crippen molar-refractivity contribution in [1.82, 2.24) is 0 Å². The van der Waals surface area contributed by atoms with Gasteiger partial charge in [-0.05, 0) is 17.7 Å². The lowest BCUT2D eigenvalue weighted by molar-refractivity contribution is -0.0711. The van der Waals surface area contributed by atoms with E-state index < -0.39 is 18.6 Å². The fourth-order valence-electron chi connectivity index (χ4n) is 1.05. The van der Waals surface area contributed by atoms with E-state index in [-0.39, 0.29) is 15.6 Å². The summed E-state index contributed by atoms with van der Waals surface area (Å²) in [6, 6.07) is 2.39. The first-order chi connectivity index (χ1) is 6.88. The largest absolute Gasteiger partial charge is 0.390 e. The van der Waals surface area contributed by atoms with Gasteiger partial charge in [-0.25, -0.2) is 8.78 Å². The molecule has 1 rings (SSSR count). The highest BCUT2D eigenvalue weighted by molar-refractivity contribution is 6.42. The van der Waals surface area contributed by atoms with Crippen molar-refractivity contribution in [3.05, 3.63) is 33.8 Å².